The maximum absolute atomic E-state index is 13.9. The minimum atomic E-state index is -0.132. The Morgan fingerprint density at radius 1 is 1.35 bits per heavy atom. The molecule has 3 aromatic rings. The molecule has 0 aliphatic carbocycles. The summed E-state index contributed by atoms with van der Waals surface area (Å²) >= 11 is 3.55. The number of fused-ring (bicyclic) bond motifs is 1. The normalized spacial score (nSPS) is 17.3. The summed E-state index contributed by atoms with van der Waals surface area (Å²) < 4.78 is 17.1. The van der Waals surface area contributed by atoms with Crippen LogP contribution in [-0.2, 0) is 6.54 Å². The molecule has 1 aliphatic rings. The van der Waals surface area contributed by atoms with E-state index in [1.807, 2.05) is 18.3 Å². The zero-order chi connectivity index (χ0) is 18.1. The van der Waals surface area contributed by atoms with Crippen LogP contribution in [0.3, 0.4) is 0 Å². The zero-order valence-corrected chi connectivity index (χ0v) is 16.3. The van der Waals surface area contributed by atoms with Crippen LogP contribution in [0.4, 0.5) is 10.1 Å². The van der Waals surface area contributed by atoms with Crippen molar-refractivity contribution in [3.05, 3.63) is 64.3 Å². The maximum Gasteiger partial charge on any atom is 0.146 e. The van der Waals surface area contributed by atoms with Crippen molar-refractivity contribution in [3.63, 3.8) is 0 Å². The number of para-hydroxylation sites is 1. The Morgan fingerprint density at radius 3 is 3.04 bits per heavy atom. The van der Waals surface area contributed by atoms with E-state index in [-0.39, 0.29) is 5.82 Å². The van der Waals surface area contributed by atoms with E-state index < -0.39 is 0 Å². The Hall–Kier alpha value is -1.92. The molecule has 0 spiro atoms. The Balaban J connectivity index is 1.35. The van der Waals surface area contributed by atoms with Gasteiger partial charge in [-0.15, -0.1) is 0 Å². The first-order chi connectivity index (χ1) is 12.6. The lowest BCUT2D eigenvalue weighted by atomic mass is 10.1. The lowest BCUT2D eigenvalue weighted by Gasteiger charge is -2.19. The van der Waals surface area contributed by atoms with Crippen LogP contribution in [0.1, 0.15) is 17.7 Å². The third-order valence-electron chi connectivity index (χ3n) is 5.05. The number of pyridine rings is 1. The molecule has 0 amide bonds. The van der Waals surface area contributed by atoms with Crippen LogP contribution in [0, 0.1) is 18.7 Å². The van der Waals surface area contributed by atoms with E-state index in [9.17, 15) is 4.39 Å². The van der Waals surface area contributed by atoms with Gasteiger partial charge in [0.2, 0.25) is 0 Å². The lowest BCUT2D eigenvalue weighted by Crippen LogP contribution is -2.26. The lowest BCUT2D eigenvalue weighted by molar-refractivity contribution is 0.512. The number of anilines is 1. The van der Waals surface area contributed by atoms with E-state index in [0.29, 0.717) is 5.92 Å². The first-order valence-electron chi connectivity index (χ1n) is 8.94. The summed E-state index contributed by atoms with van der Waals surface area (Å²) in [4.78, 5) is 6.67. The third kappa shape index (κ3) is 3.48. The van der Waals surface area contributed by atoms with Crippen molar-refractivity contribution in [2.45, 2.75) is 19.9 Å². The van der Waals surface area contributed by atoms with Crippen molar-refractivity contribution in [2.24, 2.45) is 5.92 Å². The number of hydrogen-bond donors (Lipinski definition) is 1. The topological polar surface area (TPSA) is 32.6 Å². The number of nitrogens with one attached hydrogen (secondary N) is 1. The molecule has 1 N–H and O–H groups in total. The van der Waals surface area contributed by atoms with E-state index >= 15 is 0 Å². The highest BCUT2D eigenvalue weighted by molar-refractivity contribution is 9.10. The molecular weight excluding hydrogens is 395 g/mol. The molecule has 1 fully saturated rings. The molecule has 1 aromatic carbocycles. The van der Waals surface area contributed by atoms with Crippen LogP contribution >= 0.6 is 15.9 Å². The average Bonchev–Trinajstić information content (AvgIpc) is 3.23. The fourth-order valence-corrected chi connectivity index (χ4v) is 4.27. The highest BCUT2D eigenvalue weighted by Gasteiger charge is 2.24. The third-order valence-corrected chi connectivity index (χ3v) is 5.48. The van der Waals surface area contributed by atoms with Gasteiger partial charge in [0.1, 0.15) is 11.5 Å². The number of halogens is 2. The van der Waals surface area contributed by atoms with Gasteiger partial charge in [-0.25, -0.2) is 9.37 Å². The molecule has 0 radical (unpaired) electrons. The quantitative estimate of drug-likeness (QED) is 0.677. The largest absolute Gasteiger partial charge is 0.369 e. The summed E-state index contributed by atoms with van der Waals surface area (Å²) in [7, 11) is 0. The van der Waals surface area contributed by atoms with Crippen LogP contribution < -0.4 is 10.2 Å². The highest BCUT2D eigenvalue weighted by atomic mass is 79.9. The second kappa shape index (κ2) is 7.37. The molecule has 26 heavy (non-hydrogen) atoms. The number of aryl methyl sites for hydroxylation is 1. The summed E-state index contributed by atoms with van der Waals surface area (Å²) in [6, 6.07) is 9.11. The molecule has 0 bridgehead atoms. The molecule has 1 aliphatic heterocycles. The van der Waals surface area contributed by atoms with E-state index in [4.69, 9.17) is 0 Å². The summed E-state index contributed by atoms with van der Waals surface area (Å²) in [5, 5.41) is 3.55. The first-order valence-corrected chi connectivity index (χ1v) is 9.73. The maximum atomic E-state index is 13.9. The molecule has 4 nitrogen and oxygen atoms in total. The molecular formula is C20H22BrFN4. The van der Waals surface area contributed by atoms with Gasteiger partial charge in [-0.2, -0.15) is 0 Å². The number of aromatic nitrogens is 2. The monoisotopic (exact) mass is 416 g/mol. The van der Waals surface area contributed by atoms with Gasteiger partial charge < -0.3 is 14.6 Å². The van der Waals surface area contributed by atoms with Crippen LogP contribution in [0.25, 0.3) is 5.65 Å². The number of rotatable bonds is 5. The smallest absolute Gasteiger partial charge is 0.146 e. The number of hydrogen-bond acceptors (Lipinski definition) is 3. The van der Waals surface area contributed by atoms with Crippen molar-refractivity contribution in [2.75, 3.05) is 24.5 Å². The average molecular weight is 417 g/mol. The molecule has 3 heterocycles. The van der Waals surface area contributed by atoms with E-state index in [2.05, 4.69) is 54.7 Å². The Kier molecular flexibility index (Phi) is 4.96. The molecule has 1 unspecified atom stereocenters. The minimum absolute atomic E-state index is 0.132. The van der Waals surface area contributed by atoms with Crippen LogP contribution in [0.2, 0.25) is 0 Å². The Bertz CT molecular complexity index is 923. The van der Waals surface area contributed by atoms with Crippen molar-refractivity contribution in [3.8, 4) is 0 Å². The highest BCUT2D eigenvalue weighted by Crippen LogP contribution is 2.26. The van der Waals surface area contributed by atoms with Crippen molar-refractivity contribution in [1.82, 2.24) is 14.7 Å². The SMILES string of the molecule is Cc1cc(Br)cn2c(CNCC3CCN(c4ccccc4F)C3)cnc12. The van der Waals surface area contributed by atoms with Gasteiger partial charge in [0.05, 0.1) is 17.6 Å². The second-order valence-corrected chi connectivity index (χ2v) is 7.88. The molecule has 136 valence electrons. The predicted octanol–water partition coefficient (Wildman–Crippen LogP) is 4.16. The van der Waals surface area contributed by atoms with Crippen LogP contribution in [-0.4, -0.2) is 29.0 Å². The summed E-state index contributed by atoms with van der Waals surface area (Å²) in [6.45, 7) is 5.57. The Labute approximate surface area is 161 Å². The molecule has 1 atom stereocenters. The number of benzene rings is 1. The molecule has 0 saturated carbocycles. The number of imidazole rings is 1. The summed E-state index contributed by atoms with van der Waals surface area (Å²) in [5.74, 6) is 0.398. The summed E-state index contributed by atoms with van der Waals surface area (Å²) in [6.07, 6.45) is 5.07. The minimum Gasteiger partial charge on any atom is -0.369 e. The molecule has 4 rings (SSSR count). The van der Waals surface area contributed by atoms with E-state index in [1.54, 1.807) is 6.07 Å². The van der Waals surface area contributed by atoms with Crippen molar-refractivity contribution < 1.29 is 4.39 Å². The first kappa shape index (κ1) is 17.5. The fraction of sp³-hybridized carbons (Fsp3) is 0.350. The van der Waals surface area contributed by atoms with Crippen molar-refractivity contribution in [1.29, 1.82) is 0 Å². The van der Waals surface area contributed by atoms with Gasteiger partial charge in [-0.05, 0) is 59.0 Å². The summed E-state index contributed by atoms with van der Waals surface area (Å²) in [5.41, 5.74) is 4.02. The number of nitrogens with zero attached hydrogens (tertiary/aromatic N) is 3. The van der Waals surface area contributed by atoms with E-state index in [1.165, 1.54) is 6.07 Å². The van der Waals surface area contributed by atoms with Gasteiger partial charge in [-0.3, -0.25) is 0 Å². The predicted molar refractivity (Wildman–Crippen MR) is 106 cm³/mol. The van der Waals surface area contributed by atoms with E-state index in [0.717, 1.165) is 59.7 Å². The molecule has 2 aromatic heterocycles. The Morgan fingerprint density at radius 2 is 2.19 bits per heavy atom. The fourth-order valence-electron chi connectivity index (χ4n) is 3.73. The van der Waals surface area contributed by atoms with Crippen LogP contribution in [0.15, 0.2) is 47.2 Å². The second-order valence-electron chi connectivity index (χ2n) is 6.97. The standard InChI is InChI=1S/C20H22BrFN4/c1-14-8-16(21)13-26-17(11-24-20(14)26)10-23-9-15-6-7-25(12-15)19-5-3-2-4-18(19)22/h2-5,8,11,13,15,23H,6-7,9-10,12H2,1H3. The molecule has 6 heteroatoms. The van der Waals surface area contributed by atoms with Crippen molar-refractivity contribution >= 4 is 27.3 Å². The van der Waals surface area contributed by atoms with Gasteiger partial charge in [0, 0.05) is 36.8 Å². The van der Waals surface area contributed by atoms with Gasteiger partial charge in [0.25, 0.3) is 0 Å². The van der Waals surface area contributed by atoms with Crippen LogP contribution in [0.5, 0.6) is 0 Å². The van der Waals surface area contributed by atoms with Gasteiger partial charge in [-0.1, -0.05) is 12.1 Å². The molecule has 1 saturated heterocycles. The zero-order valence-electron chi connectivity index (χ0n) is 14.8. The van der Waals surface area contributed by atoms with Gasteiger partial charge >= 0.3 is 0 Å². The van der Waals surface area contributed by atoms with Gasteiger partial charge in [0.15, 0.2) is 0 Å².